The summed E-state index contributed by atoms with van der Waals surface area (Å²) in [5.74, 6) is -0.105. The lowest BCUT2D eigenvalue weighted by atomic mass is 9.55. The molecule has 40 heavy (non-hydrogen) atoms. The van der Waals surface area contributed by atoms with Crippen LogP contribution in [0.4, 0.5) is 0 Å². The van der Waals surface area contributed by atoms with Crippen molar-refractivity contribution in [2.45, 2.75) is 19.8 Å². The molecule has 15 heteroatoms. The first-order valence-corrected chi connectivity index (χ1v) is 12.0. The van der Waals surface area contributed by atoms with E-state index in [0.717, 1.165) is 0 Å². The minimum absolute atomic E-state index is 0.00659. The van der Waals surface area contributed by atoms with E-state index < -0.39 is 0 Å². The molecule has 0 amide bonds. The Morgan fingerprint density at radius 3 is 0.850 bits per heavy atom. The third kappa shape index (κ3) is 4.27. The lowest BCUT2D eigenvalue weighted by Gasteiger charge is -2.32. The SMILES string of the molecule is [B]c1c([B])c([B])c(-c2c([B])c([B])c([B])c3c([B])c([B])c([B])c(-c4c([B])c([B])c(C(C)C)c([B])c4[B])c23)c([B])c1[B]. The van der Waals surface area contributed by atoms with Crippen molar-refractivity contribution in [3.05, 3.63) is 5.56 Å². The molecule has 4 rings (SSSR count). The molecule has 0 saturated carbocycles. The first kappa shape index (κ1) is 31.1. The summed E-state index contributed by atoms with van der Waals surface area (Å²) >= 11 is 0. The van der Waals surface area contributed by atoms with Crippen LogP contribution in [0.2, 0.25) is 0 Å². The van der Waals surface area contributed by atoms with E-state index in [1.54, 1.807) is 0 Å². The van der Waals surface area contributed by atoms with Crippen molar-refractivity contribution in [2.75, 3.05) is 0 Å². The molecule has 0 aliphatic carbocycles. The number of hydrogen-bond acceptors (Lipinski definition) is 0. The van der Waals surface area contributed by atoms with Crippen LogP contribution in [0.15, 0.2) is 0 Å². The largest absolute Gasteiger partial charge is 0.113 e. The molecule has 0 saturated heterocycles. The number of hydrogen-bond donors (Lipinski definition) is 0. The zero-order valence-electron chi connectivity index (χ0n) is 22.2. The quantitative estimate of drug-likeness (QED) is 0.262. The van der Waals surface area contributed by atoms with Crippen LogP contribution in [-0.2, 0) is 0 Å². The fourth-order valence-electron chi connectivity index (χ4n) is 5.27. The van der Waals surface area contributed by atoms with Crippen molar-refractivity contribution in [2.24, 2.45) is 0 Å². The molecule has 4 aromatic rings. The van der Waals surface area contributed by atoms with Crippen molar-refractivity contribution in [3.8, 4) is 22.3 Å². The van der Waals surface area contributed by atoms with Crippen molar-refractivity contribution in [1.29, 1.82) is 0 Å². The maximum Gasteiger partial charge on any atom is 0.113 e. The molecule has 0 aliphatic rings. The maximum absolute atomic E-state index is 6.62. The standard InChI is InChI=1S/C25H7B15/c1-3(2)4-11(26)15(30)9(16(31)12(4)27)6-5-7(10-19(34)23(38)25(40)24(39)20(10)35)14(29)22(37)18(33)8(5)17(32)21(36)13(6)28/h3H,1-2H3. The summed E-state index contributed by atoms with van der Waals surface area (Å²) in [7, 11) is 96.4. The van der Waals surface area contributed by atoms with Gasteiger partial charge in [-0.3, -0.25) is 0 Å². The molecule has 0 atom stereocenters. The first-order valence-electron chi connectivity index (χ1n) is 12.0. The Morgan fingerprint density at radius 2 is 0.525 bits per heavy atom. The van der Waals surface area contributed by atoms with Crippen molar-refractivity contribution < 1.29 is 0 Å². The van der Waals surface area contributed by atoms with Gasteiger partial charge in [0.1, 0.15) is 118 Å². The number of rotatable bonds is 3. The summed E-state index contributed by atoms with van der Waals surface area (Å²) in [6, 6.07) is 0. The van der Waals surface area contributed by atoms with Gasteiger partial charge in [-0.2, -0.15) is 0 Å². The van der Waals surface area contributed by atoms with E-state index in [2.05, 4.69) is 0 Å². The van der Waals surface area contributed by atoms with Gasteiger partial charge in [-0.1, -0.05) is 63.1 Å². The Kier molecular flexibility index (Phi) is 8.34. The number of benzene rings is 4. The fraction of sp³-hybridized carbons (Fsp3) is 0.120. The minimum atomic E-state index is -0.105. The fourth-order valence-corrected chi connectivity index (χ4v) is 5.27. The van der Waals surface area contributed by atoms with Gasteiger partial charge < -0.3 is 0 Å². The molecule has 0 fully saturated rings. The van der Waals surface area contributed by atoms with Gasteiger partial charge in [0.15, 0.2) is 0 Å². The van der Waals surface area contributed by atoms with Crippen LogP contribution >= 0.6 is 0 Å². The Labute approximate surface area is 257 Å². The smallest absolute Gasteiger partial charge is 0.112 e. The molecule has 0 aliphatic heterocycles. The summed E-state index contributed by atoms with van der Waals surface area (Å²) in [6.07, 6.45) is 0. The van der Waals surface area contributed by atoms with Gasteiger partial charge in [-0.25, -0.2) is 0 Å². The van der Waals surface area contributed by atoms with Crippen molar-refractivity contribution in [3.63, 3.8) is 0 Å². The highest BCUT2D eigenvalue weighted by atomic mass is 14.2. The summed E-state index contributed by atoms with van der Waals surface area (Å²) < 4.78 is 0. The molecule has 0 bridgehead atoms. The summed E-state index contributed by atoms with van der Waals surface area (Å²) in [5.41, 5.74) is 1.53. The molecule has 152 valence electrons. The topological polar surface area (TPSA) is 0 Å². The zero-order chi connectivity index (χ0) is 30.3. The molecule has 0 heterocycles. The Bertz CT molecular complexity index is 1710. The van der Waals surface area contributed by atoms with E-state index in [0.29, 0.717) is 5.56 Å². The molecule has 0 nitrogen and oxygen atoms in total. The van der Waals surface area contributed by atoms with Gasteiger partial charge >= 0.3 is 0 Å². The molecule has 30 radical (unpaired) electrons. The van der Waals surface area contributed by atoms with Crippen LogP contribution in [0, 0.1) is 0 Å². The van der Waals surface area contributed by atoms with Crippen LogP contribution in [-0.4, -0.2) is 118 Å². The van der Waals surface area contributed by atoms with Gasteiger partial charge in [0.2, 0.25) is 0 Å². The Morgan fingerprint density at radius 1 is 0.275 bits per heavy atom. The second-order valence-electron chi connectivity index (χ2n) is 10.0. The predicted molar refractivity (Wildman–Crippen MR) is 190 cm³/mol. The van der Waals surface area contributed by atoms with Crippen LogP contribution in [0.25, 0.3) is 33.0 Å². The Hall–Kier alpha value is -1.89. The van der Waals surface area contributed by atoms with Gasteiger partial charge in [0.05, 0.1) is 0 Å². The van der Waals surface area contributed by atoms with Crippen molar-refractivity contribution >= 4 is 210 Å². The van der Waals surface area contributed by atoms with E-state index in [4.69, 9.17) is 118 Å². The summed E-state index contributed by atoms with van der Waals surface area (Å²) in [4.78, 5) is 0. The van der Waals surface area contributed by atoms with Gasteiger partial charge in [-0.05, 0) is 38.9 Å². The maximum atomic E-state index is 6.62. The second kappa shape index (κ2) is 10.7. The van der Waals surface area contributed by atoms with Crippen LogP contribution < -0.4 is 81.9 Å². The molecule has 0 spiro atoms. The molecular weight excluding hydrogens is 462 g/mol. The molecular formula is C25H7B15. The molecule has 0 unspecified atom stereocenters. The lowest BCUT2D eigenvalue weighted by Crippen LogP contribution is -2.56. The minimum Gasteiger partial charge on any atom is -0.112 e. The van der Waals surface area contributed by atoms with Gasteiger partial charge in [0, 0.05) is 0 Å². The highest BCUT2D eigenvalue weighted by Crippen LogP contribution is 2.29. The summed E-state index contributed by atoms with van der Waals surface area (Å²) in [6.45, 7) is 3.80. The predicted octanol–water partition coefficient (Wildman–Crippen LogP) is -10.8. The van der Waals surface area contributed by atoms with Crippen molar-refractivity contribution in [1.82, 2.24) is 0 Å². The average molecular weight is 470 g/mol. The number of fused-ring (bicyclic) bond motifs is 1. The highest BCUT2D eigenvalue weighted by Gasteiger charge is 2.26. The lowest BCUT2D eigenvalue weighted by molar-refractivity contribution is 0.881. The van der Waals surface area contributed by atoms with Gasteiger partial charge in [0.25, 0.3) is 0 Å². The van der Waals surface area contributed by atoms with E-state index in [1.165, 1.54) is 0 Å². The third-order valence-corrected chi connectivity index (χ3v) is 7.46. The van der Waals surface area contributed by atoms with Crippen LogP contribution in [0.3, 0.4) is 0 Å². The molecule has 0 N–H and O–H groups in total. The monoisotopic (exact) mass is 472 g/mol. The van der Waals surface area contributed by atoms with E-state index >= 15 is 0 Å². The van der Waals surface area contributed by atoms with Crippen LogP contribution in [0.5, 0.6) is 0 Å². The van der Waals surface area contributed by atoms with Crippen LogP contribution in [0.1, 0.15) is 25.3 Å². The summed E-state index contributed by atoms with van der Waals surface area (Å²) in [5, 5.41) is 0.393. The molecule has 0 aromatic heterocycles. The highest BCUT2D eigenvalue weighted by molar-refractivity contribution is 6.73. The van der Waals surface area contributed by atoms with E-state index in [-0.39, 0.29) is 121 Å². The first-order chi connectivity index (χ1) is 18.5. The van der Waals surface area contributed by atoms with E-state index in [1.807, 2.05) is 13.8 Å². The van der Waals surface area contributed by atoms with E-state index in [9.17, 15) is 0 Å². The zero-order valence-corrected chi connectivity index (χ0v) is 22.2. The van der Waals surface area contributed by atoms with Gasteiger partial charge in [-0.15, -0.1) is 38.2 Å². The third-order valence-electron chi connectivity index (χ3n) is 7.46. The Balaban J connectivity index is 2.45. The average Bonchev–Trinajstić information content (AvgIpc) is 2.90. The normalized spacial score (nSPS) is 11.5. The second-order valence-corrected chi connectivity index (χ2v) is 10.0. The molecule has 4 aromatic carbocycles.